The lowest BCUT2D eigenvalue weighted by Gasteiger charge is -2.27. The van der Waals surface area contributed by atoms with Gasteiger partial charge >= 0.3 is 0 Å². The van der Waals surface area contributed by atoms with Crippen LogP contribution in [0.4, 0.5) is 0 Å². The minimum atomic E-state index is 0.0519. The molecule has 0 aliphatic carbocycles. The summed E-state index contributed by atoms with van der Waals surface area (Å²) in [5.74, 6) is 0.789. The van der Waals surface area contributed by atoms with Crippen molar-refractivity contribution < 1.29 is 5.11 Å². The number of likely N-dealkylation sites (tertiary alicyclic amines) is 1. The topological polar surface area (TPSA) is 35.5 Å². The second kappa shape index (κ2) is 6.72. The Hall–Kier alpha value is -0.120. The van der Waals surface area contributed by atoms with Crippen molar-refractivity contribution in [2.75, 3.05) is 32.8 Å². The van der Waals surface area contributed by atoms with Gasteiger partial charge in [-0.05, 0) is 45.7 Å². The average molecular weight is 242 g/mol. The van der Waals surface area contributed by atoms with Crippen molar-refractivity contribution in [3.8, 4) is 0 Å². The highest BCUT2D eigenvalue weighted by Crippen LogP contribution is 2.20. The van der Waals surface area contributed by atoms with E-state index in [4.69, 9.17) is 0 Å². The van der Waals surface area contributed by atoms with Gasteiger partial charge in [-0.15, -0.1) is 0 Å². The minimum Gasteiger partial charge on any atom is -0.396 e. The van der Waals surface area contributed by atoms with Gasteiger partial charge in [-0.2, -0.15) is 0 Å². The van der Waals surface area contributed by atoms with Gasteiger partial charge < -0.3 is 15.3 Å². The molecule has 0 spiro atoms. The zero-order valence-corrected chi connectivity index (χ0v) is 12.0. The molecule has 102 valence electrons. The zero-order valence-electron chi connectivity index (χ0n) is 12.0. The molecule has 0 saturated carbocycles. The quantitative estimate of drug-likeness (QED) is 0.713. The SMILES string of the molecule is CCC(C)(CO)CNCC1CCN(C(C)C)C1. The van der Waals surface area contributed by atoms with Gasteiger partial charge in [-0.3, -0.25) is 0 Å². The molecular formula is C14H30N2O. The monoisotopic (exact) mass is 242 g/mol. The molecule has 1 aliphatic heterocycles. The number of aliphatic hydroxyl groups is 1. The molecule has 0 aromatic heterocycles. The van der Waals surface area contributed by atoms with Crippen LogP contribution in [0.3, 0.4) is 0 Å². The van der Waals surface area contributed by atoms with Crippen molar-refractivity contribution in [1.82, 2.24) is 10.2 Å². The molecule has 0 aromatic rings. The fourth-order valence-corrected chi connectivity index (χ4v) is 2.37. The van der Waals surface area contributed by atoms with E-state index in [1.54, 1.807) is 0 Å². The van der Waals surface area contributed by atoms with Crippen LogP contribution < -0.4 is 5.32 Å². The maximum Gasteiger partial charge on any atom is 0.0496 e. The normalized spacial score (nSPS) is 25.4. The third kappa shape index (κ3) is 4.57. The molecule has 2 atom stereocenters. The second-order valence-corrected chi connectivity index (χ2v) is 6.20. The summed E-state index contributed by atoms with van der Waals surface area (Å²) in [5.41, 5.74) is 0.0519. The second-order valence-electron chi connectivity index (χ2n) is 6.20. The standard InChI is InChI=1S/C14H30N2O/c1-5-14(4,11-17)10-15-8-13-6-7-16(9-13)12(2)3/h12-13,15,17H,5-11H2,1-4H3. The predicted octanol–water partition coefficient (Wildman–Crippen LogP) is 1.71. The largest absolute Gasteiger partial charge is 0.396 e. The number of aliphatic hydroxyl groups excluding tert-OH is 1. The molecule has 1 saturated heterocycles. The van der Waals surface area contributed by atoms with Gasteiger partial charge in [-0.25, -0.2) is 0 Å². The third-order valence-corrected chi connectivity index (χ3v) is 4.27. The van der Waals surface area contributed by atoms with Gasteiger partial charge in [0.05, 0.1) is 0 Å². The molecule has 0 amide bonds. The highest BCUT2D eigenvalue weighted by atomic mass is 16.3. The maximum absolute atomic E-state index is 9.34. The van der Waals surface area contributed by atoms with Crippen LogP contribution in [0.25, 0.3) is 0 Å². The summed E-state index contributed by atoms with van der Waals surface area (Å²) >= 11 is 0. The average Bonchev–Trinajstić information content (AvgIpc) is 2.78. The fourth-order valence-electron chi connectivity index (χ4n) is 2.37. The zero-order chi connectivity index (χ0) is 12.9. The summed E-state index contributed by atoms with van der Waals surface area (Å²) in [4.78, 5) is 2.55. The lowest BCUT2D eigenvalue weighted by atomic mass is 9.88. The van der Waals surface area contributed by atoms with Crippen molar-refractivity contribution >= 4 is 0 Å². The smallest absolute Gasteiger partial charge is 0.0496 e. The van der Waals surface area contributed by atoms with E-state index < -0.39 is 0 Å². The molecule has 0 radical (unpaired) electrons. The molecule has 0 bridgehead atoms. The summed E-state index contributed by atoms with van der Waals surface area (Å²) < 4.78 is 0. The highest BCUT2D eigenvalue weighted by Gasteiger charge is 2.25. The molecule has 1 fully saturated rings. The molecule has 1 heterocycles. The van der Waals surface area contributed by atoms with Crippen molar-refractivity contribution in [3.05, 3.63) is 0 Å². The number of nitrogens with one attached hydrogen (secondary N) is 1. The Balaban J connectivity index is 2.20. The summed E-state index contributed by atoms with van der Waals surface area (Å²) in [6, 6.07) is 0.679. The van der Waals surface area contributed by atoms with Crippen LogP contribution in [-0.2, 0) is 0 Å². The molecule has 2 unspecified atom stereocenters. The first kappa shape index (κ1) is 14.9. The third-order valence-electron chi connectivity index (χ3n) is 4.27. The first-order chi connectivity index (χ1) is 8.00. The Morgan fingerprint density at radius 3 is 2.65 bits per heavy atom. The summed E-state index contributed by atoms with van der Waals surface area (Å²) in [6.07, 6.45) is 2.34. The summed E-state index contributed by atoms with van der Waals surface area (Å²) in [5, 5.41) is 12.9. The fraction of sp³-hybridized carbons (Fsp3) is 1.00. The van der Waals surface area contributed by atoms with Gasteiger partial charge in [-0.1, -0.05) is 13.8 Å². The van der Waals surface area contributed by atoms with E-state index >= 15 is 0 Å². The molecule has 17 heavy (non-hydrogen) atoms. The molecule has 0 aromatic carbocycles. The van der Waals surface area contributed by atoms with Crippen LogP contribution in [0, 0.1) is 11.3 Å². The summed E-state index contributed by atoms with van der Waals surface area (Å²) in [6.45, 7) is 13.6. The highest BCUT2D eigenvalue weighted by molar-refractivity contribution is 4.81. The number of hydrogen-bond donors (Lipinski definition) is 2. The Morgan fingerprint density at radius 2 is 2.18 bits per heavy atom. The summed E-state index contributed by atoms with van der Waals surface area (Å²) in [7, 11) is 0. The first-order valence-corrected chi connectivity index (χ1v) is 7.06. The van der Waals surface area contributed by atoms with Crippen LogP contribution in [-0.4, -0.2) is 48.8 Å². The Morgan fingerprint density at radius 1 is 1.47 bits per heavy atom. The molecule has 1 aliphatic rings. The molecule has 2 N–H and O–H groups in total. The Bertz CT molecular complexity index is 214. The number of nitrogens with zero attached hydrogens (tertiary/aromatic N) is 1. The van der Waals surface area contributed by atoms with Crippen LogP contribution in [0.2, 0.25) is 0 Å². The van der Waals surface area contributed by atoms with E-state index in [9.17, 15) is 5.11 Å². The lowest BCUT2D eigenvalue weighted by Crippen LogP contribution is -2.37. The first-order valence-electron chi connectivity index (χ1n) is 7.06. The number of rotatable bonds is 7. The van der Waals surface area contributed by atoms with Gasteiger partial charge in [0.25, 0.3) is 0 Å². The van der Waals surface area contributed by atoms with E-state index in [1.165, 1.54) is 19.5 Å². The van der Waals surface area contributed by atoms with Gasteiger partial charge in [0, 0.05) is 31.2 Å². The van der Waals surface area contributed by atoms with E-state index in [2.05, 4.69) is 37.9 Å². The molecule has 3 heteroatoms. The minimum absolute atomic E-state index is 0.0519. The van der Waals surface area contributed by atoms with Gasteiger partial charge in [0.2, 0.25) is 0 Å². The van der Waals surface area contributed by atoms with Crippen LogP contribution >= 0.6 is 0 Å². The molecule has 3 nitrogen and oxygen atoms in total. The van der Waals surface area contributed by atoms with Crippen LogP contribution in [0.1, 0.15) is 40.5 Å². The van der Waals surface area contributed by atoms with Crippen molar-refractivity contribution in [2.24, 2.45) is 11.3 Å². The van der Waals surface area contributed by atoms with E-state index in [1.807, 2.05) is 0 Å². The lowest BCUT2D eigenvalue weighted by molar-refractivity contribution is 0.134. The maximum atomic E-state index is 9.34. The molecule has 1 rings (SSSR count). The van der Waals surface area contributed by atoms with Crippen LogP contribution in [0.15, 0.2) is 0 Å². The van der Waals surface area contributed by atoms with Gasteiger partial charge in [0.1, 0.15) is 0 Å². The van der Waals surface area contributed by atoms with Crippen molar-refractivity contribution in [1.29, 1.82) is 0 Å². The Labute approximate surface area is 107 Å². The van der Waals surface area contributed by atoms with E-state index in [0.717, 1.165) is 25.4 Å². The molecular weight excluding hydrogens is 212 g/mol. The van der Waals surface area contributed by atoms with Crippen molar-refractivity contribution in [3.63, 3.8) is 0 Å². The predicted molar refractivity (Wildman–Crippen MR) is 73.2 cm³/mol. The van der Waals surface area contributed by atoms with Crippen LogP contribution in [0.5, 0.6) is 0 Å². The van der Waals surface area contributed by atoms with Gasteiger partial charge in [0.15, 0.2) is 0 Å². The van der Waals surface area contributed by atoms with E-state index in [0.29, 0.717) is 6.04 Å². The Kier molecular flexibility index (Phi) is 5.90. The number of hydrogen-bond acceptors (Lipinski definition) is 3. The van der Waals surface area contributed by atoms with E-state index in [-0.39, 0.29) is 12.0 Å². The van der Waals surface area contributed by atoms with Crippen molar-refractivity contribution in [2.45, 2.75) is 46.6 Å².